The lowest BCUT2D eigenvalue weighted by Gasteiger charge is -2.40. The van der Waals surface area contributed by atoms with Gasteiger partial charge in [-0.15, -0.1) is 0 Å². The van der Waals surface area contributed by atoms with Crippen LogP contribution in [0.3, 0.4) is 0 Å². The molecule has 2 nitrogen and oxygen atoms in total. The second-order valence-electron chi connectivity index (χ2n) is 6.21. The highest BCUT2D eigenvalue weighted by molar-refractivity contribution is 5.56. The van der Waals surface area contributed by atoms with Crippen LogP contribution in [0.5, 0.6) is 0 Å². The van der Waals surface area contributed by atoms with Crippen molar-refractivity contribution in [3.05, 3.63) is 24.3 Å². The van der Waals surface area contributed by atoms with E-state index < -0.39 is 0 Å². The van der Waals surface area contributed by atoms with E-state index in [0.717, 1.165) is 24.1 Å². The average Bonchev–Trinajstić information content (AvgIpc) is 2.39. The van der Waals surface area contributed by atoms with Crippen LogP contribution in [0.4, 0.5) is 11.4 Å². The predicted molar refractivity (Wildman–Crippen MR) is 84.5 cm³/mol. The van der Waals surface area contributed by atoms with E-state index in [1.54, 1.807) is 0 Å². The molecule has 106 valence electrons. The summed E-state index contributed by atoms with van der Waals surface area (Å²) in [6.07, 6.45) is 5.18. The first-order valence-corrected chi connectivity index (χ1v) is 7.74. The summed E-state index contributed by atoms with van der Waals surface area (Å²) in [4.78, 5) is 2.58. The predicted octanol–water partition coefficient (Wildman–Crippen LogP) is 4.31. The van der Waals surface area contributed by atoms with E-state index in [9.17, 15) is 0 Å². The van der Waals surface area contributed by atoms with Gasteiger partial charge in [-0.3, -0.25) is 0 Å². The van der Waals surface area contributed by atoms with Crippen molar-refractivity contribution in [2.24, 2.45) is 11.8 Å². The molecule has 0 aromatic heterocycles. The van der Waals surface area contributed by atoms with Crippen LogP contribution in [-0.2, 0) is 0 Å². The van der Waals surface area contributed by atoms with Gasteiger partial charge in [0.25, 0.3) is 0 Å². The Kier molecular flexibility index (Phi) is 4.73. The van der Waals surface area contributed by atoms with Crippen LogP contribution in [0.1, 0.15) is 46.5 Å². The topological polar surface area (TPSA) is 29.3 Å². The molecule has 3 unspecified atom stereocenters. The molecular weight excluding hydrogens is 232 g/mol. The Hall–Kier alpha value is -1.18. The van der Waals surface area contributed by atoms with E-state index in [-0.39, 0.29) is 0 Å². The Balaban J connectivity index is 2.16. The van der Waals surface area contributed by atoms with E-state index in [4.69, 9.17) is 5.73 Å². The second kappa shape index (κ2) is 6.31. The monoisotopic (exact) mass is 260 g/mol. The average molecular weight is 260 g/mol. The molecule has 3 atom stereocenters. The lowest BCUT2D eigenvalue weighted by molar-refractivity contribution is 0.243. The molecule has 2 rings (SSSR count). The van der Waals surface area contributed by atoms with Crippen molar-refractivity contribution in [1.29, 1.82) is 0 Å². The minimum absolute atomic E-state index is 0.688. The number of nitrogens with zero attached hydrogens (tertiary/aromatic N) is 1. The van der Waals surface area contributed by atoms with Gasteiger partial charge < -0.3 is 10.6 Å². The van der Waals surface area contributed by atoms with Gasteiger partial charge in [-0.25, -0.2) is 0 Å². The Morgan fingerprint density at radius 3 is 2.63 bits per heavy atom. The SMILES string of the molecule is CCCN(c1cccc(N)c1)C1CCC(C)C(C)C1. The van der Waals surface area contributed by atoms with Crippen molar-refractivity contribution in [3.8, 4) is 0 Å². The molecule has 0 aliphatic heterocycles. The fourth-order valence-corrected chi connectivity index (χ4v) is 3.27. The highest BCUT2D eigenvalue weighted by atomic mass is 15.2. The molecular formula is C17H28N2. The Morgan fingerprint density at radius 1 is 1.21 bits per heavy atom. The summed E-state index contributed by atoms with van der Waals surface area (Å²) in [7, 11) is 0. The maximum absolute atomic E-state index is 5.94. The minimum atomic E-state index is 0.688. The maximum Gasteiger partial charge on any atom is 0.0389 e. The van der Waals surface area contributed by atoms with Crippen LogP contribution >= 0.6 is 0 Å². The molecule has 0 heterocycles. The molecule has 2 heteroatoms. The number of nitrogen functional groups attached to an aromatic ring is 1. The van der Waals surface area contributed by atoms with E-state index in [1.807, 2.05) is 6.07 Å². The molecule has 2 N–H and O–H groups in total. The number of nitrogens with two attached hydrogens (primary N) is 1. The highest BCUT2D eigenvalue weighted by Gasteiger charge is 2.28. The highest BCUT2D eigenvalue weighted by Crippen LogP contribution is 2.34. The standard InChI is InChI=1S/C17H28N2/c1-4-10-19(16-7-5-6-15(18)12-16)17-9-8-13(2)14(3)11-17/h5-7,12-14,17H,4,8-11,18H2,1-3H3. The number of hydrogen-bond acceptors (Lipinski definition) is 2. The summed E-state index contributed by atoms with van der Waals surface area (Å²) in [6, 6.07) is 9.06. The van der Waals surface area contributed by atoms with Crippen molar-refractivity contribution >= 4 is 11.4 Å². The number of benzene rings is 1. The van der Waals surface area contributed by atoms with Gasteiger partial charge >= 0.3 is 0 Å². The van der Waals surface area contributed by atoms with Crippen molar-refractivity contribution in [2.45, 2.75) is 52.5 Å². The zero-order valence-corrected chi connectivity index (χ0v) is 12.6. The number of anilines is 2. The smallest absolute Gasteiger partial charge is 0.0389 e. The first-order valence-electron chi connectivity index (χ1n) is 7.74. The molecule has 1 aromatic carbocycles. The van der Waals surface area contributed by atoms with Gasteiger partial charge in [-0.05, 0) is 55.7 Å². The summed E-state index contributed by atoms with van der Waals surface area (Å²) in [5, 5.41) is 0. The Bertz CT molecular complexity index is 402. The van der Waals surface area contributed by atoms with Gasteiger partial charge in [0.15, 0.2) is 0 Å². The van der Waals surface area contributed by atoms with Crippen molar-refractivity contribution in [3.63, 3.8) is 0 Å². The maximum atomic E-state index is 5.94. The molecule has 1 fully saturated rings. The van der Waals surface area contributed by atoms with Gasteiger partial charge in [0.2, 0.25) is 0 Å². The zero-order chi connectivity index (χ0) is 13.8. The molecule has 0 spiro atoms. The van der Waals surface area contributed by atoms with Gasteiger partial charge in [0.1, 0.15) is 0 Å². The van der Waals surface area contributed by atoms with E-state index in [1.165, 1.54) is 31.4 Å². The molecule has 1 aromatic rings. The fraction of sp³-hybridized carbons (Fsp3) is 0.647. The first kappa shape index (κ1) is 14.2. The van der Waals surface area contributed by atoms with Crippen LogP contribution in [-0.4, -0.2) is 12.6 Å². The first-order chi connectivity index (χ1) is 9.11. The van der Waals surface area contributed by atoms with Gasteiger partial charge in [0, 0.05) is 24.0 Å². The quantitative estimate of drug-likeness (QED) is 0.817. The van der Waals surface area contributed by atoms with Crippen LogP contribution < -0.4 is 10.6 Å². The van der Waals surface area contributed by atoms with Gasteiger partial charge in [-0.2, -0.15) is 0 Å². The van der Waals surface area contributed by atoms with Crippen LogP contribution in [0.15, 0.2) is 24.3 Å². The van der Waals surface area contributed by atoms with Crippen molar-refractivity contribution in [2.75, 3.05) is 17.2 Å². The van der Waals surface area contributed by atoms with E-state index in [0.29, 0.717) is 6.04 Å². The normalized spacial score (nSPS) is 27.2. The Labute approximate surface area is 118 Å². The summed E-state index contributed by atoms with van der Waals surface area (Å²) < 4.78 is 0. The van der Waals surface area contributed by atoms with Crippen LogP contribution in [0.2, 0.25) is 0 Å². The third kappa shape index (κ3) is 3.43. The number of rotatable bonds is 4. The summed E-state index contributed by atoms with van der Waals surface area (Å²) in [6.45, 7) is 8.19. The lowest BCUT2D eigenvalue weighted by Crippen LogP contribution is -2.41. The van der Waals surface area contributed by atoms with Crippen molar-refractivity contribution in [1.82, 2.24) is 0 Å². The van der Waals surface area contributed by atoms with Gasteiger partial charge in [-0.1, -0.05) is 26.8 Å². The molecule has 0 saturated heterocycles. The van der Waals surface area contributed by atoms with Crippen LogP contribution in [0.25, 0.3) is 0 Å². The van der Waals surface area contributed by atoms with E-state index in [2.05, 4.69) is 43.9 Å². The third-order valence-corrected chi connectivity index (χ3v) is 4.68. The summed E-state index contributed by atoms with van der Waals surface area (Å²) in [5.74, 6) is 1.71. The Morgan fingerprint density at radius 2 is 2.00 bits per heavy atom. The molecule has 1 aliphatic carbocycles. The largest absolute Gasteiger partial charge is 0.399 e. The molecule has 1 saturated carbocycles. The minimum Gasteiger partial charge on any atom is -0.399 e. The lowest BCUT2D eigenvalue weighted by atomic mass is 9.78. The van der Waals surface area contributed by atoms with Gasteiger partial charge in [0.05, 0.1) is 0 Å². The van der Waals surface area contributed by atoms with E-state index >= 15 is 0 Å². The molecule has 0 bridgehead atoms. The summed E-state index contributed by atoms with van der Waals surface area (Å²) in [5.41, 5.74) is 8.12. The zero-order valence-electron chi connectivity index (χ0n) is 12.6. The third-order valence-electron chi connectivity index (χ3n) is 4.68. The number of hydrogen-bond donors (Lipinski definition) is 1. The van der Waals surface area contributed by atoms with Crippen LogP contribution in [0, 0.1) is 11.8 Å². The summed E-state index contributed by atoms with van der Waals surface area (Å²) >= 11 is 0. The fourth-order valence-electron chi connectivity index (χ4n) is 3.27. The molecule has 19 heavy (non-hydrogen) atoms. The molecule has 1 aliphatic rings. The molecule has 0 amide bonds. The second-order valence-corrected chi connectivity index (χ2v) is 6.21. The van der Waals surface area contributed by atoms with Crippen molar-refractivity contribution < 1.29 is 0 Å². The molecule has 0 radical (unpaired) electrons.